The summed E-state index contributed by atoms with van der Waals surface area (Å²) in [7, 11) is 0. The third kappa shape index (κ3) is 5.82. The van der Waals surface area contributed by atoms with Crippen molar-refractivity contribution >= 4 is 17.3 Å². The molecule has 1 saturated heterocycles. The zero-order valence-electron chi connectivity index (χ0n) is 13.9. The maximum atomic E-state index is 12.2. The lowest BCUT2D eigenvalue weighted by Gasteiger charge is -2.29. The zero-order valence-corrected chi connectivity index (χ0v) is 13.9. The average Bonchev–Trinajstić information content (AvgIpc) is 2.59. The fourth-order valence-electron chi connectivity index (χ4n) is 2.35. The zero-order chi connectivity index (χ0) is 16.5. The molecule has 1 unspecified atom stereocenters. The molecule has 6 heteroatoms. The summed E-state index contributed by atoms with van der Waals surface area (Å²) in [6.45, 7) is 8.45. The molecule has 0 radical (unpaired) electrons. The molecule has 2 rings (SSSR count). The number of anilines is 2. The van der Waals surface area contributed by atoms with Crippen molar-refractivity contribution in [3.63, 3.8) is 0 Å². The van der Waals surface area contributed by atoms with Gasteiger partial charge in [-0.2, -0.15) is 0 Å². The summed E-state index contributed by atoms with van der Waals surface area (Å²) in [5, 5.41) is 2.90. The van der Waals surface area contributed by atoms with E-state index in [0.29, 0.717) is 19.8 Å². The van der Waals surface area contributed by atoms with E-state index in [-0.39, 0.29) is 5.91 Å². The molecule has 1 aliphatic rings. The monoisotopic (exact) mass is 322 g/mol. The summed E-state index contributed by atoms with van der Waals surface area (Å²) < 4.78 is 16.0. The Morgan fingerprint density at radius 1 is 1.35 bits per heavy atom. The molecule has 1 atom stereocenters. The summed E-state index contributed by atoms with van der Waals surface area (Å²) in [4.78, 5) is 14.4. The van der Waals surface area contributed by atoms with Crippen LogP contribution in [0.3, 0.4) is 0 Å². The van der Waals surface area contributed by atoms with Gasteiger partial charge in [-0.25, -0.2) is 0 Å². The molecule has 1 aromatic carbocycles. The third-order valence-corrected chi connectivity index (χ3v) is 3.66. The number of hydrogen-bond acceptors (Lipinski definition) is 5. The number of nitrogens with one attached hydrogen (secondary N) is 1. The van der Waals surface area contributed by atoms with Gasteiger partial charge in [-0.3, -0.25) is 4.79 Å². The number of nitrogens with zero attached hydrogens (tertiary/aromatic N) is 1. The standard InChI is InChI=1S/C17H26N2O4/c1-3-21-11-12-23-14(2)17(20)18-15-5-4-6-16(13-15)19-7-9-22-10-8-19/h4-6,13-14H,3,7-12H2,1-2H3,(H,18,20). The van der Waals surface area contributed by atoms with Crippen LogP contribution in [0.15, 0.2) is 24.3 Å². The highest BCUT2D eigenvalue weighted by molar-refractivity contribution is 5.94. The maximum Gasteiger partial charge on any atom is 0.253 e. The van der Waals surface area contributed by atoms with Crippen molar-refractivity contribution < 1.29 is 19.0 Å². The Balaban J connectivity index is 1.85. The highest BCUT2D eigenvalue weighted by Crippen LogP contribution is 2.20. The van der Waals surface area contributed by atoms with E-state index < -0.39 is 6.10 Å². The molecule has 0 aliphatic carbocycles. The Morgan fingerprint density at radius 3 is 2.87 bits per heavy atom. The van der Waals surface area contributed by atoms with Crippen LogP contribution in [0.2, 0.25) is 0 Å². The molecule has 1 N–H and O–H groups in total. The van der Waals surface area contributed by atoms with E-state index in [1.165, 1.54) is 0 Å². The number of carbonyl (C=O) groups excluding carboxylic acids is 1. The van der Waals surface area contributed by atoms with E-state index in [4.69, 9.17) is 14.2 Å². The second kappa shape index (κ2) is 9.50. The van der Waals surface area contributed by atoms with Crippen LogP contribution in [-0.4, -0.2) is 58.1 Å². The van der Waals surface area contributed by atoms with Gasteiger partial charge in [0.15, 0.2) is 0 Å². The molecule has 1 heterocycles. The van der Waals surface area contributed by atoms with Crippen molar-refractivity contribution in [1.29, 1.82) is 0 Å². The minimum atomic E-state index is -0.512. The second-order valence-corrected chi connectivity index (χ2v) is 5.35. The Labute approximate surface area is 137 Å². The predicted octanol–water partition coefficient (Wildman–Crippen LogP) is 1.90. The Bertz CT molecular complexity index is 489. The van der Waals surface area contributed by atoms with E-state index in [1.807, 2.05) is 31.2 Å². The topological polar surface area (TPSA) is 60.0 Å². The van der Waals surface area contributed by atoms with Gasteiger partial charge >= 0.3 is 0 Å². The van der Waals surface area contributed by atoms with Crippen LogP contribution in [0.4, 0.5) is 11.4 Å². The molecule has 1 aromatic rings. The van der Waals surface area contributed by atoms with Gasteiger partial charge in [-0.15, -0.1) is 0 Å². The highest BCUT2D eigenvalue weighted by Gasteiger charge is 2.15. The van der Waals surface area contributed by atoms with Gasteiger partial charge in [0.2, 0.25) is 0 Å². The Morgan fingerprint density at radius 2 is 2.13 bits per heavy atom. The number of amides is 1. The molecule has 0 spiro atoms. The van der Waals surface area contributed by atoms with Crippen molar-refractivity contribution in [2.45, 2.75) is 20.0 Å². The van der Waals surface area contributed by atoms with Crippen molar-refractivity contribution in [2.75, 3.05) is 56.3 Å². The van der Waals surface area contributed by atoms with E-state index in [0.717, 1.165) is 37.7 Å². The number of morpholine rings is 1. The van der Waals surface area contributed by atoms with Crippen LogP contribution in [0.5, 0.6) is 0 Å². The van der Waals surface area contributed by atoms with Gasteiger partial charge in [0.1, 0.15) is 6.10 Å². The smallest absolute Gasteiger partial charge is 0.253 e. The Kier molecular flexibility index (Phi) is 7.32. The summed E-state index contributed by atoms with van der Waals surface area (Å²) in [5.74, 6) is -0.152. The molecule has 1 fully saturated rings. The molecular weight excluding hydrogens is 296 g/mol. The summed E-state index contributed by atoms with van der Waals surface area (Å²) >= 11 is 0. The van der Waals surface area contributed by atoms with Gasteiger partial charge in [0.25, 0.3) is 5.91 Å². The van der Waals surface area contributed by atoms with Gasteiger partial charge in [0, 0.05) is 31.1 Å². The molecule has 0 bridgehead atoms. The SMILES string of the molecule is CCOCCOC(C)C(=O)Nc1cccc(N2CCOCC2)c1. The van der Waals surface area contributed by atoms with Crippen LogP contribution < -0.4 is 10.2 Å². The highest BCUT2D eigenvalue weighted by atomic mass is 16.5. The second-order valence-electron chi connectivity index (χ2n) is 5.35. The Hall–Kier alpha value is -1.63. The lowest BCUT2D eigenvalue weighted by atomic mass is 10.2. The van der Waals surface area contributed by atoms with E-state index >= 15 is 0 Å². The molecule has 128 valence electrons. The fourth-order valence-corrected chi connectivity index (χ4v) is 2.35. The lowest BCUT2D eigenvalue weighted by molar-refractivity contribution is -0.127. The summed E-state index contributed by atoms with van der Waals surface area (Å²) in [6, 6.07) is 7.86. The molecule has 23 heavy (non-hydrogen) atoms. The largest absolute Gasteiger partial charge is 0.379 e. The summed E-state index contributed by atoms with van der Waals surface area (Å²) in [6.07, 6.45) is -0.512. The van der Waals surface area contributed by atoms with Crippen molar-refractivity contribution in [3.05, 3.63) is 24.3 Å². The van der Waals surface area contributed by atoms with Crippen LogP contribution >= 0.6 is 0 Å². The number of rotatable bonds is 8. The van der Waals surface area contributed by atoms with Crippen LogP contribution in [-0.2, 0) is 19.0 Å². The van der Waals surface area contributed by atoms with Gasteiger partial charge in [-0.1, -0.05) is 6.07 Å². The summed E-state index contributed by atoms with van der Waals surface area (Å²) in [5.41, 5.74) is 1.87. The minimum absolute atomic E-state index is 0.152. The normalized spacial score (nSPS) is 16.2. The quantitative estimate of drug-likeness (QED) is 0.741. The first-order valence-electron chi connectivity index (χ1n) is 8.13. The van der Waals surface area contributed by atoms with Gasteiger partial charge in [-0.05, 0) is 32.0 Å². The number of carbonyl (C=O) groups is 1. The van der Waals surface area contributed by atoms with Crippen molar-refractivity contribution in [1.82, 2.24) is 0 Å². The van der Waals surface area contributed by atoms with Crippen LogP contribution in [0, 0.1) is 0 Å². The first-order valence-corrected chi connectivity index (χ1v) is 8.13. The molecule has 1 amide bonds. The molecule has 6 nitrogen and oxygen atoms in total. The van der Waals surface area contributed by atoms with E-state index in [1.54, 1.807) is 6.92 Å². The van der Waals surface area contributed by atoms with Gasteiger partial charge < -0.3 is 24.4 Å². The first kappa shape index (κ1) is 17.7. The predicted molar refractivity (Wildman–Crippen MR) is 90.0 cm³/mol. The molecule has 0 saturated carbocycles. The van der Waals surface area contributed by atoms with Crippen molar-refractivity contribution in [3.8, 4) is 0 Å². The van der Waals surface area contributed by atoms with Crippen LogP contribution in [0.25, 0.3) is 0 Å². The number of hydrogen-bond donors (Lipinski definition) is 1. The third-order valence-electron chi connectivity index (χ3n) is 3.66. The average molecular weight is 322 g/mol. The van der Waals surface area contributed by atoms with Gasteiger partial charge in [0.05, 0.1) is 26.4 Å². The van der Waals surface area contributed by atoms with Crippen LogP contribution in [0.1, 0.15) is 13.8 Å². The minimum Gasteiger partial charge on any atom is -0.379 e. The fraction of sp³-hybridized carbons (Fsp3) is 0.588. The number of ether oxygens (including phenoxy) is 3. The van der Waals surface area contributed by atoms with E-state index in [2.05, 4.69) is 10.2 Å². The van der Waals surface area contributed by atoms with Crippen molar-refractivity contribution in [2.24, 2.45) is 0 Å². The lowest BCUT2D eigenvalue weighted by Crippen LogP contribution is -2.36. The maximum absolute atomic E-state index is 12.2. The van der Waals surface area contributed by atoms with E-state index in [9.17, 15) is 4.79 Å². The molecular formula is C17H26N2O4. The molecule has 0 aromatic heterocycles. The molecule has 1 aliphatic heterocycles. The first-order chi connectivity index (χ1) is 11.2. The number of benzene rings is 1.